The van der Waals surface area contributed by atoms with Crippen molar-refractivity contribution in [3.8, 4) is 5.75 Å². The summed E-state index contributed by atoms with van der Waals surface area (Å²) >= 11 is 1.66. The van der Waals surface area contributed by atoms with Crippen molar-refractivity contribution in [1.29, 1.82) is 0 Å². The highest BCUT2D eigenvalue weighted by atomic mass is 32.1. The summed E-state index contributed by atoms with van der Waals surface area (Å²) < 4.78 is 5.25. The van der Waals surface area contributed by atoms with Gasteiger partial charge in [-0.3, -0.25) is 14.5 Å². The molecule has 1 N–H and O–H groups in total. The van der Waals surface area contributed by atoms with E-state index in [2.05, 4.69) is 11.4 Å². The van der Waals surface area contributed by atoms with E-state index in [-0.39, 0.29) is 30.3 Å². The Bertz CT molecular complexity index is 1020. The van der Waals surface area contributed by atoms with Crippen molar-refractivity contribution in [2.45, 2.75) is 64.1 Å². The number of hydrogen-bond donors (Lipinski definition) is 1. The van der Waals surface area contributed by atoms with Gasteiger partial charge >= 0.3 is 6.03 Å². The molecule has 8 heteroatoms. The van der Waals surface area contributed by atoms with Crippen LogP contribution in [0.1, 0.15) is 50.0 Å². The number of ether oxygens (including phenoxy) is 1. The predicted octanol–water partition coefficient (Wildman–Crippen LogP) is 4.22. The Morgan fingerprint density at radius 1 is 1.26 bits per heavy atom. The Morgan fingerprint density at radius 3 is 2.68 bits per heavy atom. The third kappa shape index (κ3) is 4.82. The average Bonchev–Trinajstić information content (AvgIpc) is 3.42. The number of carbonyl (C=O) groups is 3. The summed E-state index contributed by atoms with van der Waals surface area (Å²) in [5, 5.41) is 4.97. The fraction of sp³-hybridized carbons (Fsp3) is 0.500. The zero-order valence-corrected chi connectivity index (χ0v) is 20.9. The fourth-order valence-corrected chi connectivity index (χ4v) is 5.94. The van der Waals surface area contributed by atoms with Crippen molar-refractivity contribution in [3.63, 3.8) is 0 Å². The molecule has 4 rings (SSSR count). The van der Waals surface area contributed by atoms with Gasteiger partial charge in [-0.15, -0.1) is 11.3 Å². The van der Waals surface area contributed by atoms with E-state index >= 15 is 0 Å². The molecule has 182 valence electrons. The Kier molecular flexibility index (Phi) is 7.26. The summed E-state index contributed by atoms with van der Waals surface area (Å²) in [7, 11) is 1.62. The van der Waals surface area contributed by atoms with Gasteiger partial charge in [-0.2, -0.15) is 0 Å². The molecule has 34 heavy (non-hydrogen) atoms. The third-order valence-electron chi connectivity index (χ3n) is 7.24. The van der Waals surface area contributed by atoms with E-state index in [1.165, 1.54) is 4.88 Å². The second-order valence-electron chi connectivity index (χ2n) is 9.44. The van der Waals surface area contributed by atoms with Crippen molar-refractivity contribution in [2.75, 3.05) is 13.7 Å². The standard InChI is InChI=1S/C26H33N3O4S/c1-18-7-4-5-13-26(18)24(31)29(25(32)27-26)17-23(30)28(19(2)15-22-8-6-14-34-22)16-20-9-11-21(33-3)12-10-20/h6,8-12,14,18-19H,4-5,7,13,15-17H2,1-3H3,(H,27,32). The molecule has 0 radical (unpaired) electrons. The molecule has 2 heterocycles. The van der Waals surface area contributed by atoms with Crippen molar-refractivity contribution in [1.82, 2.24) is 15.1 Å². The lowest BCUT2D eigenvalue weighted by molar-refractivity contribution is -0.142. The molecule has 3 unspecified atom stereocenters. The molecule has 2 fully saturated rings. The van der Waals surface area contributed by atoms with Crippen LogP contribution in [0.2, 0.25) is 0 Å². The number of nitrogens with zero attached hydrogens (tertiary/aromatic N) is 2. The number of nitrogens with one attached hydrogen (secondary N) is 1. The molecule has 1 aromatic heterocycles. The Morgan fingerprint density at radius 2 is 2.03 bits per heavy atom. The molecule has 1 aromatic carbocycles. The zero-order valence-electron chi connectivity index (χ0n) is 20.1. The van der Waals surface area contributed by atoms with Crippen LogP contribution < -0.4 is 10.1 Å². The zero-order chi connectivity index (χ0) is 24.3. The van der Waals surface area contributed by atoms with Gasteiger partial charge in [0.1, 0.15) is 17.8 Å². The van der Waals surface area contributed by atoms with Crippen LogP contribution in [0.15, 0.2) is 41.8 Å². The number of hydrogen-bond acceptors (Lipinski definition) is 5. The molecule has 1 spiro atoms. The quantitative estimate of drug-likeness (QED) is 0.571. The van der Waals surface area contributed by atoms with Crippen LogP contribution in [0, 0.1) is 5.92 Å². The lowest BCUT2D eigenvalue weighted by Crippen LogP contribution is -2.54. The van der Waals surface area contributed by atoms with Crippen molar-refractivity contribution in [3.05, 3.63) is 52.2 Å². The number of methoxy groups -OCH3 is 1. The molecular weight excluding hydrogens is 450 g/mol. The minimum Gasteiger partial charge on any atom is -0.497 e. The van der Waals surface area contributed by atoms with Gasteiger partial charge in [-0.25, -0.2) is 4.79 Å². The number of rotatable bonds is 8. The maximum absolute atomic E-state index is 13.6. The van der Waals surface area contributed by atoms with Crippen LogP contribution in [0.3, 0.4) is 0 Å². The largest absolute Gasteiger partial charge is 0.497 e. The normalized spacial score (nSPS) is 23.1. The minimum absolute atomic E-state index is 0.0611. The molecule has 1 aliphatic carbocycles. The highest BCUT2D eigenvalue weighted by molar-refractivity contribution is 7.09. The molecular formula is C26H33N3O4S. The topological polar surface area (TPSA) is 79.0 Å². The van der Waals surface area contributed by atoms with Gasteiger partial charge in [-0.1, -0.05) is 38.0 Å². The number of amides is 4. The second kappa shape index (κ2) is 10.2. The molecule has 3 atom stereocenters. The summed E-state index contributed by atoms with van der Waals surface area (Å²) in [5.74, 6) is 0.322. The SMILES string of the molecule is COc1ccc(CN(C(=O)CN2C(=O)NC3(CCCCC3C)C2=O)C(C)Cc2cccs2)cc1. The van der Waals surface area contributed by atoms with E-state index in [1.54, 1.807) is 23.3 Å². The molecule has 2 aliphatic rings. The van der Waals surface area contributed by atoms with E-state index < -0.39 is 11.6 Å². The van der Waals surface area contributed by atoms with E-state index in [0.717, 1.165) is 35.5 Å². The molecule has 2 aromatic rings. The van der Waals surface area contributed by atoms with Crippen LogP contribution in [0.5, 0.6) is 5.75 Å². The fourth-order valence-electron chi connectivity index (χ4n) is 5.11. The van der Waals surface area contributed by atoms with Gasteiger partial charge in [-0.05, 0) is 54.8 Å². The summed E-state index contributed by atoms with van der Waals surface area (Å²) in [5.41, 5.74) is 0.0979. The summed E-state index contributed by atoms with van der Waals surface area (Å²) in [6.07, 6.45) is 4.20. The number of thiophene rings is 1. The lowest BCUT2D eigenvalue weighted by Gasteiger charge is -2.37. The van der Waals surface area contributed by atoms with Gasteiger partial charge in [0, 0.05) is 23.9 Å². The van der Waals surface area contributed by atoms with E-state index in [9.17, 15) is 14.4 Å². The first-order valence-corrected chi connectivity index (χ1v) is 12.8. The maximum Gasteiger partial charge on any atom is 0.325 e. The van der Waals surface area contributed by atoms with E-state index in [4.69, 9.17) is 4.74 Å². The first kappa shape index (κ1) is 24.3. The predicted molar refractivity (Wildman–Crippen MR) is 132 cm³/mol. The van der Waals surface area contributed by atoms with Crippen LogP contribution in [-0.4, -0.2) is 52.9 Å². The van der Waals surface area contributed by atoms with Crippen molar-refractivity contribution < 1.29 is 19.1 Å². The highest BCUT2D eigenvalue weighted by Gasteiger charge is 2.55. The number of benzene rings is 1. The van der Waals surface area contributed by atoms with Crippen LogP contribution in [-0.2, 0) is 22.6 Å². The number of imide groups is 1. The monoisotopic (exact) mass is 483 g/mol. The first-order valence-electron chi connectivity index (χ1n) is 11.9. The second-order valence-corrected chi connectivity index (χ2v) is 10.5. The van der Waals surface area contributed by atoms with Gasteiger partial charge in [0.15, 0.2) is 0 Å². The van der Waals surface area contributed by atoms with Gasteiger partial charge in [0.25, 0.3) is 5.91 Å². The molecule has 1 saturated carbocycles. The Labute approximate surface area is 205 Å². The number of urea groups is 1. The number of carbonyl (C=O) groups excluding carboxylic acids is 3. The Hall–Kier alpha value is -2.87. The third-order valence-corrected chi connectivity index (χ3v) is 8.13. The van der Waals surface area contributed by atoms with Crippen LogP contribution in [0.25, 0.3) is 0 Å². The van der Waals surface area contributed by atoms with Gasteiger partial charge in [0.2, 0.25) is 5.91 Å². The molecule has 7 nitrogen and oxygen atoms in total. The molecule has 0 bridgehead atoms. The molecule has 4 amide bonds. The average molecular weight is 484 g/mol. The smallest absolute Gasteiger partial charge is 0.325 e. The van der Waals surface area contributed by atoms with E-state index in [0.29, 0.717) is 19.4 Å². The molecule has 1 aliphatic heterocycles. The van der Waals surface area contributed by atoms with E-state index in [1.807, 2.05) is 49.6 Å². The van der Waals surface area contributed by atoms with Crippen molar-refractivity contribution in [2.24, 2.45) is 5.92 Å². The van der Waals surface area contributed by atoms with Gasteiger partial charge in [0.05, 0.1) is 7.11 Å². The minimum atomic E-state index is -0.862. The summed E-state index contributed by atoms with van der Waals surface area (Å²) in [6, 6.07) is 11.1. The maximum atomic E-state index is 13.6. The lowest BCUT2D eigenvalue weighted by atomic mass is 9.73. The van der Waals surface area contributed by atoms with Crippen LogP contribution >= 0.6 is 11.3 Å². The first-order chi connectivity index (χ1) is 16.3. The van der Waals surface area contributed by atoms with Gasteiger partial charge < -0.3 is 15.0 Å². The summed E-state index contributed by atoms with van der Waals surface area (Å²) in [4.78, 5) is 43.9. The highest BCUT2D eigenvalue weighted by Crippen LogP contribution is 2.38. The van der Waals surface area contributed by atoms with Crippen molar-refractivity contribution >= 4 is 29.2 Å². The molecule has 1 saturated heterocycles. The van der Waals surface area contributed by atoms with Crippen LogP contribution in [0.4, 0.5) is 4.79 Å². The Balaban J connectivity index is 1.53. The summed E-state index contributed by atoms with van der Waals surface area (Å²) in [6.45, 7) is 4.17.